The van der Waals surface area contributed by atoms with Gasteiger partial charge in [-0.2, -0.15) is 0 Å². The number of nitrogens with two attached hydrogens (primary N) is 1. The number of likely N-dealkylation sites (tertiary alicyclic amines) is 1. The third-order valence-electron chi connectivity index (χ3n) is 6.03. The monoisotopic (exact) mass is 358 g/mol. The lowest BCUT2D eigenvalue weighted by Gasteiger charge is -2.39. The molecule has 0 aromatic heterocycles. The van der Waals surface area contributed by atoms with Crippen molar-refractivity contribution in [1.29, 1.82) is 0 Å². The van der Waals surface area contributed by atoms with Crippen molar-refractivity contribution >= 4 is 11.6 Å². The molecule has 2 unspecified atom stereocenters. The van der Waals surface area contributed by atoms with E-state index in [1.807, 2.05) is 17.0 Å². The molecule has 5 heteroatoms. The van der Waals surface area contributed by atoms with E-state index in [2.05, 4.69) is 42.7 Å². The molecular formula is C21H34N4O. The largest absolute Gasteiger partial charge is 0.369 e. The molecule has 0 radical (unpaired) electrons. The molecule has 2 fully saturated rings. The average molecular weight is 359 g/mol. The van der Waals surface area contributed by atoms with Crippen molar-refractivity contribution in [3.63, 3.8) is 0 Å². The Morgan fingerprint density at radius 1 is 1.12 bits per heavy atom. The van der Waals surface area contributed by atoms with Crippen LogP contribution < -0.4 is 10.6 Å². The number of carbonyl (C=O) groups is 1. The van der Waals surface area contributed by atoms with Crippen LogP contribution >= 0.6 is 0 Å². The number of rotatable bonds is 4. The van der Waals surface area contributed by atoms with E-state index in [0.717, 1.165) is 51.1 Å². The number of nitrogens with zero attached hydrogens (tertiary/aromatic N) is 3. The second-order valence-corrected chi connectivity index (χ2v) is 8.18. The Hall–Kier alpha value is -1.59. The molecule has 144 valence electrons. The fourth-order valence-corrected chi connectivity index (χ4v) is 4.22. The number of benzene rings is 1. The van der Waals surface area contributed by atoms with Gasteiger partial charge in [0.15, 0.2) is 0 Å². The smallest absolute Gasteiger partial charge is 0.254 e. The molecule has 2 aliphatic rings. The molecule has 2 atom stereocenters. The first-order valence-corrected chi connectivity index (χ1v) is 10.1. The zero-order chi connectivity index (χ0) is 18.7. The fraction of sp³-hybridized carbons (Fsp3) is 0.667. The summed E-state index contributed by atoms with van der Waals surface area (Å²) in [6, 6.07) is 8.95. The molecule has 2 heterocycles. The number of anilines is 1. The lowest BCUT2D eigenvalue weighted by molar-refractivity contribution is 0.0573. The van der Waals surface area contributed by atoms with Crippen LogP contribution in [0.2, 0.25) is 0 Å². The van der Waals surface area contributed by atoms with E-state index in [-0.39, 0.29) is 11.9 Å². The Balaban J connectivity index is 1.63. The molecule has 2 N–H and O–H groups in total. The van der Waals surface area contributed by atoms with E-state index in [9.17, 15) is 4.79 Å². The van der Waals surface area contributed by atoms with E-state index < -0.39 is 0 Å². The van der Waals surface area contributed by atoms with E-state index in [4.69, 9.17) is 5.73 Å². The fourth-order valence-electron chi connectivity index (χ4n) is 4.22. The number of hydrogen-bond acceptors (Lipinski definition) is 4. The van der Waals surface area contributed by atoms with Crippen LogP contribution in [0.4, 0.5) is 5.69 Å². The maximum atomic E-state index is 12.9. The van der Waals surface area contributed by atoms with Crippen LogP contribution in [-0.2, 0) is 0 Å². The Kier molecular flexibility index (Phi) is 6.20. The molecular weight excluding hydrogens is 324 g/mol. The highest BCUT2D eigenvalue weighted by molar-refractivity contribution is 5.94. The van der Waals surface area contributed by atoms with Crippen LogP contribution in [0, 0.1) is 5.92 Å². The van der Waals surface area contributed by atoms with Gasteiger partial charge in [-0.15, -0.1) is 0 Å². The quantitative estimate of drug-likeness (QED) is 0.898. The first kappa shape index (κ1) is 19.2. The van der Waals surface area contributed by atoms with Gasteiger partial charge in [-0.05, 0) is 56.9 Å². The number of hydrogen-bond donors (Lipinski definition) is 1. The van der Waals surface area contributed by atoms with E-state index in [0.29, 0.717) is 18.5 Å². The third-order valence-corrected chi connectivity index (χ3v) is 6.03. The first-order chi connectivity index (χ1) is 12.5. The summed E-state index contributed by atoms with van der Waals surface area (Å²) in [6.07, 6.45) is 2.08. The van der Waals surface area contributed by atoms with Crippen molar-refractivity contribution in [2.45, 2.75) is 45.7 Å². The topological polar surface area (TPSA) is 52.8 Å². The van der Waals surface area contributed by atoms with E-state index in [1.165, 1.54) is 5.69 Å². The van der Waals surface area contributed by atoms with Gasteiger partial charge in [0.1, 0.15) is 0 Å². The van der Waals surface area contributed by atoms with Crippen molar-refractivity contribution in [3.8, 4) is 0 Å². The van der Waals surface area contributed by atoms with Gasteiger partial charge in [-0.1, -0.05) is 6.92 Å². The summed E-state index contributed by atoms with van der Waals surface area (Å²) in [5.41, 5.74) is 7.92. The lowest BCUT2D eigenvalue weighted by Crippen LogP contribution is -2.49. The van der Waals surface area contributed by atoms with Crippen molar-refractivity contribution in [1.82, 2.24) is 9.80 Å². The highest BCUT2D eigenvalue weighted by Crippen LogP contribution is 2.25. The molecule has 26 heavy (non-hydrogen) atoms. The van der Waals surface area contributed by atoms with Crippen molar-refractivity contribution in [2.75, 3.05) is 44.2 Å². The van der Waals surface area contributed by atoms with Crippen molar-refractivity contribution in [3.05, 3.63) is 29.8 Å². The second kappa shape index (κ2) is 8.40. The highest BCUT2D eigenvalue weighted by Gasteiger charge is 2.29. The normalized spacial score (nSPS) is 25.0. The zero-order valence-corrected chi connectivity index (χ0v) is 16.5. The van der Waals surface area contributed by atoms with Gasteiger partial charge in [0.2, 0.25) is 0 Å². The second-order valence-electron chi connectivity index (χ2n) is 8.18. The van der Waals surface area contributed by atoms with Gasteiger partial charge >= 0.3 is 0 Å². The Bertz CT molecular complexity index is 593. The minimum absolute atomic E-state index is 0.128. The summed E-state index contributed by atoms with van der Waals surface area (Å²) in [7, 11) is 0. The predicted molar refractivity (Wildman–Crippen MR) is 108 cm³/mol. The van der Waals surface area contributed by atoms with Crippen LogP contribution in [0.15, 0.2) is 24.3 Å². The van der Waals surface area contributed by atoms with Gasteiger partial charge in [0.05, 0.1) is 0 Å². The minimum Gasteiger partial charge on any atom is -0.369 e. The average Bonchev–Trinajstić information content (AvgIpc) is 2.67. The van der Waals surface area contributed by atoms with E-state index >= 15 is 0 Å². The maximum Gasteiger partial charge on any atom is 0.254 e. The van der Waals surface area contributed by atoms with E-state index in [1.54, 1.807) is 0 Å². The van der Waals surface area contributed by atoms with Crippen LogP contribution in [-0.4, -0.2) is 67.1 Å². The zero-order valence-electron chi connectivity index (χ0n) is 16.5. The summed E-state index contributed by atoms with van der Waals surface area (Å²) in [5.74, 6) is 0.781. The summed E-state index contributed by atoms with van der Waals surface area (Å²) < 4.78 is 0. The number of carbonyl (C=O) groups excluding carboxylic acids is 1. The molecule has 2 saturated heterocycles. The molecule has 1 aromatic carbocycles. The minimum atomic E-state index is 0.128. The van der Waals surface area contributed by atoms with Crippen molar-refractivity contribution in [2.24, 2.45) is 11.7 Å². The standard InChI is InChI=1S/C21H34N4O/c1-16(2)23-10-12-24(13-11-23)19-6-4-18(5-7-19)21(26)25-9-8-17(3)14-20(25)15-22/h4-7,16-17,20H,8-15,22H2,1-3H3. The Morgan fingerprint density at radius 2 is 1.77 bits per heavy atom. The number of piperazine rings is 1. The number of amides is 1. The maximum absolute atomic E-state index is 12.9. The highest BCUT2D eigenvalue weighted by atomic mass is 16.2. The van der Waals surface area contributed by atoms with Gasteiger partial charge in [0.25, 0.3) is 5.91 Å². The summed E-state index contributed by atoms with van der Waals surface area (Å²) in [4.78, 5) is 19.8. The van der Waals surface area contributed by atoms with Gasteiger partial charge < -0.3 is 15.5 Å². The van der Waals surface area contributed by atoms with Crippen LogP contribution in [0.1, 0.15) is 44.0 Å². The summed E-state index contributed by atoms with van der Waals surface area (Å²) in [6.45, 7) is 12.4. The number of piperidine rings is 1. The summed E-state index contributed by atoms with van der Waals surface area (Å²) >= 11 is 0. The molecule has 2 aliphatic heterocycles. The SMILES string of the molecule is CC1CCN(C(=O)c2ccc(N3CCN(C(C)C)CC3)cc2)C(CN)C1. The van der Waals surface area contributed by atoms with Crippen LogP contribution in [0.5, 0.6) is 0 Å². The first-order valence-electron chi connectivity index (χ1n) is 10.1. The van der Waals surface area contributed by atoms with Gasteiger partial charge in [-0.25, -0.2) is 0 Å². The predicted octanol–water partition coefficient (Wildman–Crippen LogP) is 2.42. The van der Waals surface area contributed by atoms with Crippen molar-refractivity contribution < 1.29 is 4.79 Å². The molecule has 1 amide bonds. The molecule has 1 aromatic rings. The Morgan fingerprint density at radius 3 is 2.35 bits per heavy atom. The molecule has 0 saturated carbocycles. The van der Waals surface area contributed by atoms with Crippen LogP contribution in [0.25, 0.3) is 0 Å². The molecule has 3 rings (SSSR count). The Labute approximate surface area is 158 Å². The van der Waals surface area contributed by atoms with Crippen LogP contribution in [0.3, 0.4) is 0 Å². The molecule has 5 nitrogen and oxygen atoms in total. The van der Waals surface area contributed by atoms with Gasteiger partial charge in [0, 0.05) is 62.6 Å². The third kappa shape index (κ3) is 4.21. The molecule has 0 aliphatic carbocycles. The molecule has 0 spiro atoms. The lowest BCUT2D eigenvalue weighted by atomic mass is 9.92. The molecule has 0 bridgehead atoms. The summed E-state index contributed by atoms with van der Waals surface area (Å²) in [5, 5.41) is 0. The van der Waals surface area contributed by atoms with Gasteiger partial charge in [-0.3, -0.25) is 9.69 Å².